The Morgan fingerprint density at radius 2 is 0.849 bits per heavy atom. The van der Waals surface area contributed by atoms with Crippen molar-refractivity contribution in [2.24, 2.45) is 10.2 Å². The van der Waals surface area contributed by atoms with Crippen LogP contribution in [-0.4, -0.2) is 75.0 Å². The lowest BCUT2D eigenvalue weighted by Gasteiger charge is -2.10. The van der Waals surface area contributed by atoms with Gasteiger partial charge in [0, 0.05) is 22.5 Å². The summed E-state index contributed by atoms with van der Waals surface area (Å²) in [7, 11) is 6.04. The van der Waals surface area contributed by atoms with Crippen molar-refractivity contribution in [3.05, 3.63) is 107 Å². The highest BCUT2D eigenvalue weighted by Gasteiger charge is 2.13. The zero-order chi connectivity index (χ0) is 38.3. The number of ether oxygens (including phenoxy) is 4. The van der Waals surface area contributed by atoms with Gasteiger partial charge in [0.2, 0.25) is 11.8 Å². The second-order valence-corrected chi connectivity index (χ2v) is 12.1. The zero-order valence-corrected chi connectivity index (χ0v) is 30.9. The molecule has 14 nitrogen and oxygen atoms in total. The van der Waals surface area contributed by atoms with E-state index in [2.05, 4.69) is 31.7 Å². The van der Waals surface area contributed by atoms with Gasteiger partial charge in [-0.3, -0.25) is 19.2 Å². The van der Waals surface area contributed by atoms with Crippen molar-refractivity contribution in [3.8, 4) is 23.0 Å². The van der Waals surface area contributed by atoms with Crippen LogP contribution in [-0.2, 0) is 9.59 Å². The van der Waals surface area contributed by atoms with Gasteiger partial charge < -0.3 is 29.6 Å². The summed E-state index contributed by atoms with van der Waals surface area (Å²) in [6.45, 7) is 3.48. The fraction of sp³-hybridized carbons (Fsp3) is 0.211. The molecule has 0 aliphatic carbocycles. The Morgan fingerprint density at radius 1 is 0.509 bits per heavy atom. The lowest BCUT2D eigenvalue weighted by molar-refractivity contribution is -0.118. The van der Waals surface area contributed by atoms with Crippen molar-refractivity contribution in [3.63, 3.8) is 0 Å². The Bertz CT molecular complexity index is 1860. The molecule has 0 radical (unpaired) electrons. The highest BCUT2D eigenvalue weighted by molar-refractivity contribution is 8.00. The molecular formula is C38H40N6O8S. The van der Waals surface area contributed by atoms with E-state index in [1.165, 1.54) is 28.4 Å². The Hall–Kier alpha value is -6.35. The molecule has 276 valence electrons. The Morgan fingerprint density at radius 3 is 1.19 bits per heavy atom. The molecule has 0 bridgehead atoms. The minimum atomic E-state index is -0.376. The van der Waals surface area contributed by atoms with Gasteiger partial charge in [-0.2, -0.15) is 10.2 Å². The molecule has 0 aliphatic heterocycles. The first-order chi connectivity index (χ1) is 25.5. The van der Waals surface area contributed by atoms with Crippen LogP contribution in [0.3, 0.4) is 0 Å². The monoisotopic (exact) mass is 740 g/mol. The Kier molecular flexibility index (Phi) is 14.4. The number of methoxy groups -OCH3 is 4. The summed E-state index contributed by atoms with van der Waals surface area (Å²) in [6, 6.07) is 23.8. The molecule has 0 heterocycles. The van der Waals surface area contributed by atoms with E-state index in [4.69, 9.17) is 18.9 Å². The first-order valence-corrected chi connectivity index (χ1v) is 17.2. The first-order valence-electron chi connectivity index (χ1n) is 16.1. The van der Waals surface area contributed by atoms with Crippen LogP contribution in [0, 0.1) is 0 Å². The van der Waals surface area contributed by atoms with Gasteiger partial charge in [-0.1, -0.05) is 24.3 Å². The van der Waals surface area contributed by atoms with Gasteiger partial charge in [0.15, 0.2) is 23.0 Å². The lowest BCUT2D eigenvalue weighted by atomic mass is 10.1. The highest BCUT2D eigenvalue weighted by Crippen LogP contribution is 2.29. The number of carbonyl (C=O) groups is 4. The van der Waals surface area contributed by atoms with E-state index in [-0.39, 0.29) is 35.1 Å². The summed E-state index contributed by atoms with van der Waals surface area (Å²) in [6.07, 6.45) is 0. The number of hydrogen-bond donors (Lipinski definition) is 4. The standard InChI is InChI=1S/C38H40N6O8S/c1-23(25-7-13-29(14-8-25)39-37(47)27-11-17-31(49-3)33(19-27)51-5)41-43-35(45)21-53-22-36(46)44-42-24(2)26-9-15-30(16-10-26)40-38(48)28-12-18-32(50-4)34(20-28)52-6/h7-20H,21-22H2,1-6H3,(H,39,47)(H,40,48)(H,43,45)(H,44,46)/b41-23-,42-24-. The van der Waals surface area contributed by atoms with Crippen molar-refractivity contribution in [1.82, 2.24) is 10.9 Å². The van der Waals surface area contributed by atoms with Crippen LogP contribution in [0.5, 0.6) is 23.0 Å². The van der Waals surface area contributed by atoms with Crippen LogP contribution in [0.4, 0.5) is 11.4 Å². The van der Waals surface area contributed by atoms with Gasteiger partial charge in [0.1, 0.15) is 0 Å². The number of anilines is 2. The van der Waals surface area contributed by atoms with Crippen LogP contribution in [0.25, 0.3) is 0 Å². The maximum atomic E-state index is 12.7. The fourth-order valence-corrected chi connectivity index (χ4v) is 5.28. The van der Waals surface area contributed by atoms with Gasteiger partial charge >= 0.3 is 0 Å². The molecule has 0 aliphatic rings. The molecule has 53 heavy (non-hydrogen) atoms. The molecule has 4 rings (SSSR count). The van der Waals surface area contributed by atoms with E-state index in [1.54, 1.807) is 98.8 Å². The molecular weight excluding hydrogens is 701 g/mol. The predicted molar refractivity (Wildman–Crippen MR) is 206 cm³/mol. The average molecular weight is 741 g/mol. The van der Waals surface area contributed by atoms with E-state index < -0.39 is 0 Å². The number of thioether (sulfide) groups is 1. The molecule has 4 amide bonds. The van der Waals surface area contributed by atoms with Gasteiger partial charge in [-0.15, -0.1) is 11.8 Å². The van der Waals surface area contributed by atoms with Crippen molar-refractivity contribution >= 4 is 58.2 Å². The maximum absolute atomic E-state index is 12.7. The van der Waals surface area contributed by atoms with Crippen LogP contribution in [0.2, 0.25) is 0 Å². The summed E-state index contributed by atoms with van der Waals surface area (Å²) in [5, 5.41) is 13.9. The summed E-state index contributed by atoms with van der Waals surface area (Å²) >= 11 is 1.11. The van der Waals surface area contributed by atoms with Crippen molar-refractivity contribution in [2.45, 2.75) is 13.8 Å². The normalized spacial score (nSPS) is 11.2. The Labute approximate surface area is 311 Å². The average Bonchev–Trinajstić information content (AvgIpc) is 3.18. The third-order valence-electron chi connectivity index (χ3n) is 7.58. The summed E-state index contributed by atoms with van der Waals surface area (Å²) in [4.78, 5) is 50.1. The van der Waals surface area contributed by atoms with Crippen LogP contribution in [0.1, 0.15) is 45.7 Å². The second kappa shape index (κ2) is 19.3. The largest absolute Gasteiger partial charge is 0.493 e. The number of nitrogens with one attached hydrogen (secondary N) is 4. The number of amides is 4. The van der Waals surface area contributed by atoms with Gasteiger partial charge in [-0.05, 0) is 85.6 Å². The Balaban J connectivity index is 1.18. The molecule has 4 aromatic rings. The lowest BCUT2D eigenvalue weighted by Crippen LogP contribution is -2.24. The van der Waals surface area contributed by atoms with Gasteiger partial charge in [0.05, 0.1) is 51.4 Å². The maximum Gasteiger partial charge on any atom is 0.255 e. The molecule has 0 fully saturated rings. The van der Waals surface area contributed by atoms with Crippen LogP contribution < -0.4 is 40.4 Å². The molecule has 15 heteroatoms. The number of hydrogen-bond acceptors (Lipinski definition) is 11. The smallest absolute Gasteiger partial charge is 0.255 e. The third kappa shape index (κ3) is 11.3. The fourth-order valence-electron chi connectivity index (χ4n) is 4.67. The van der Waals surface area contributed by atoms with Crippen LogP contribution >= 0.6 is 11.8 Å². The number of rotatable bonds is 16. The minimum Gasteiger partial charge on any atom is -0.493 e. The van der Waals surface area contributed by atoms with Gasteiger partial charge in [-0.25, -0.2) is 10.9 Å². The number of hydrazone groups is 2. The van der Waals surface area contributed by atoms with Crippen molar-refractivity contribution in [1.29, 1.82) is 0 Å². The quantitative estimate of drug-likeness (QED) is 0.0872. The van der Waals surface area contributed by atoms with E-state index in [0.29, 0.717) is 56.9 Å². The number of carbonyl (C=O) groups excluding carboxylic acids is 4. The topological polar surface area (TPSA) is 178 Å². The molecule has 0 unspecified atom stereocenters. The summed E-state index contributed by atoms with van der Waals surface area (Å²) in [5.74, 6) is 0.573. The number of nitrogens with zero attached hydrogens (tertiary/aromatic N) is 2. The van der Waals surface area contributed by atoms with Crippen molar-refractivity contribution < 1.29 is 38.1 Å². The van der Waals surface area contributed by atoms with Gasteiger partial charge in [0.25, 0.3) is 11.8 Å². The summed E-state index contributed by atoms with van der Waals surface area (Å²) in [5.41, 5.74) is 9.53. The summed E-state index contributed by atoms with van der Waals surface area (Å²) < 4.78 is 21.0. The molecule has 0 atom stereocenters. The molecule has 4 aromatic carbocycles. The van der Waals surface area contributed by atoms with Crippen LogP contribution in [0.15, 0.2) is 95.1 Å². The van der Waals surface area contributed by atoms with E-state index >= 15 is 0 Å². The predicted octanol–water partition coefficient (Wildman–Crippen LogP) is 5.34. The highest BCUT2D eigenvalue weighted by atomic mass is 32.2. The molecule has 0 spiro atoms. The van der Waals surface area contributed by atoms with E-state index in [0.717, 1.165) is 22.9 Å². The molecule has 0 saturated carbocycles. The number of benzene rings is 4. The third-order valence-corrected chi connectivity index (χ3v) is 8.51. The zero-order valence-electron chi connectivity index (χ0n) is 30.1. The van der Waals surface area contributed by atoms with E-state index in [9.17, 15) is 19.2 Å². The first kappa shape index (κ1) is 39.4. The van der Waals surface area contributed by atoms with Crippen molar-refractivity contribution in [2.75, 3.05) is 50.6 Å². The van der Waals surface area contributed by atoms with E-state index in [1.807, 2.05) is 0 Å². The molecule has 0 saturated heterocycles. The molecule has 4 N–H and O–H groups in total. The SMILES string of the molecule is COc1ccc(C(=O)Nc2ccc(/C(C)=N\NC(=O)CSCC(=O)N/N=C(/C)c3ccc(NC(=O)c4ccc(OC)c(OC)c4)cc3)cc2)cc1OC. The molecule has 0 aromatic heterocycles. The second-order valence-electron chi connectivity index (χ2n) is 11.2. The minimum absolute atomic E-state index is 0.00447.